The van der Waals surface area contributed by atoms with Crippen LogP contribution in [0.4, 0.5) is 5.69 Å². The number of benzene rings is 1. The average molecular weight is 218 g/mol. The molecular formula is C12H14N2O2. The van der Waals surface area contributed by atoms with E-state index in [9.17, 15) is 0 Å². The minimum absolute atomic E-state index is 0.530. The number of hydrogen-bond acceptors (Lipinski definition) is 4. The normalized spacial score (nSPS) is 10.6. The Morgan fingerprint density at radius 2 is 2.12 bits per heavy atom. The zero-order valence-electron chi connectivity index (χ0n) is 9.14. The number of nitrogens with zero attached hydrogens (tertiary/aromatic N) is 1. The molecule has 0 unspecified atom stereocenters. The number of pyridine rings is 1. The van der Waals surface area contributed by atoms with Gasteiger partial charge in [0.05, 0.1) is 12.1 Å². The van der Waals surface area contributed by atoms with E-state index in [0.717, 1.165) is 16.7 Å². The van der Waals surface area contributed by atoms with E-state index in [1.807, 2.05) is 18.2 Å². The van der Waals surface area contributed by atoms with Crippen molar-refractivity contribution in [3.63, 3.8) is 0 Å². The van der Waals surface area contributed by atoms with Crippen molar-refractivity contribution >= 4 is 16.6 Å². The van der Waals surface area contributed by atoms with Crippen molar-refractivity contribution in [1.29, 1.82) is 0 Å². The minimum Gasteiger partial charge on any atom is -0.491 e. The van der Waals surface area contributed by atoms with Gasteiger partial charge in [-0.1, -0.05) is 0 Å². The summed E-state index contributed by atoms with van der Waals surface area (Å²) in [4.78, 5) is 4.22. The van der Waals surface area contributed by atoms with Crippen LogP contribution < -0.4 is 10.5 Å². The summed E-state index contributed by atoms with van der Waals surface area (Å²) >= 11 is 0. The fourth-order valence-electron chi connectivity index (χ4n) is 1.48. The molecule has 1 aromatic heterocycles. The van der Waals surface area contributed by atoms with Crippen LogP contribution in [-0.4, -0.2) is 25.3 Å². The Labute approximate surface area is 94.0 Å². The van der Waals surface area contributed by atoms with Crippen molar-refractivity contribution < 1.29 is 9.47 Å². The van der Waals surface area contributed by atoms with E-state index in [1.54, 1.807) is 19.4 Å². The number of aromatic nitrogens is 1. The third-order valence-electron chi connectivity index (χ3n) is 2.30. The molecule has 0 fully saturated rings. The summed E-state index contributed by atoms with van der Waals surface area (Å²) in [5.74, 6) is 0.782. The zero-order valence-corrected chi connectivity index (χ0v) is 9.14. The maximum absolute atomic E-state index is 5.86. The summed E-state index contributed by atoms with van der Waals surface area (Å²) in [7, 11) is 1.64. The van der Waals surface area contributed by atoms with E-state index in [0.29, 0.717) is 18.9 Å². The molecular weight excluding hydrogens is 204 g/mol. The molecule has 16 heavy (non-hydrogen) atoms. The van der Waals surface area contributed by atoms with Gasteiger partial charge >= 0.3 is 0 Å². The van der Waals surface area contributed by atoms with Gasteiger partial charge in [0.15, 0.2) is 0 Å². The molecule has 0 radical (unpaired) electrons. The molecule has 0 saturated carbocycles. The highest BCUT2D eigenvalue weighted by Crippen LogP contribution is 2.23. The molecule has 0 saturated heterocycles. The maximum Gasteiger partial charge on any atom is 0.120 e. The Kier molecular flexibility index (Phi) is 3.22. The van der Waals surface area contributed by atoms with Gasteiger partial charge in [0.25, 0.3) is 0 Å². The highest BCUT2D eigenvalue weighted by molar-refractivity contribution is 5.90. The number of ether oxygens (including phenoxy) is 2. The second-order valence-electron chi connectivity index (χ2n) is 3.42. The molecule has 0 atom stereocenters. The summed E-state index contributed by atoms with van der Waals surface area (Å²) in [6.07, 6.45) is 1.70. The Hall–Kier alpha value is -1.81. The second-order valence-corrected chi connectivity index (χ2v) is 3.42. The smallest absolute Gasteiger partial charge is 0.120 e. The molecule has 0 amide bonds. The SMILES string of the molecule is COCCOc1ccc2nccc(N)c2c1. The van der Waals surface area contributed by atoms with E-state index >= 15 is 0 Å². The largest absolute Gasteiger partial charge is 0.491 e. The highest BCUT2D eigenvalue weighted by atomic mass is 16.5. The predicted molar refractivity (Wildman–Crippen MR) is 63.5 cm³/mol. The maximum atomic E-state index is 5.86. The zero-order chi connectivity index (χ0) is 11.4. The summed E-state index contributed by atoms with van der Waals surface area (Å²) in [6.45, 7) is 1.10. The van der Waals surface area contributed by atoms with E-state index in [-0.39, 0.29) is 0 Å². The summed E-state index contributed by atoms with van der Waals surface area (Å²) in [5.41, 5.74) is 7.44. The van der Waals surface area contributed by atoms with Crippen LogP contribution in [0.2, 0.25) is 0 Å². The second kappa shape index (κ2) is 4.81. The van der Waals surface area contributed by atoms with Crippen LogP contribution in [0.5, 0.6) is 5.75 Å². The van der Waals surface area contributed by atoms with Crippen molar-refractivity contribution in [3.8, 4) is 5.75 Å². The third-order valence-corrected chi connectivity index (χ3v) is 2.30. The van der Waals surface area contributed by atoms with Crippen LogP contribution in [0, 0.1) is 0 Å². The highest BCUT2D eigenvalue weighted by Gasteiger charge is 2.01. The number of rotatable bonds is 4. The Morgan fingerprint density at radius 1 is 1.25 bits per heavy atom. The van der Waals surface area contributed by atoms with Crippen molar-refractivity contribution in [2.24, 2.45) is 0 Å². The van der Waals surface area contributed by atoms with E-state index in [4.69, 9.17) is 15.2 Å². The van der Waals surface area contributed by atoms with Crippen molar-refractivity contribution in [3.05, 3.63) is 30.5 Å². The van der Waals surface area contributed by atoms with Crippen molar-refractivity contribution in [2.75, 3.05) is 26.1 Å². The lowest BCUT2D eigenvalue weighted by atomic mass is 10.2. The van der Waals surface area contributed by atoms with Gasteiger partial charge in [0.1, 0.15) is 12.4 Å². The molecule has 2 rings (SSSR count). The number of nitrogen functional groups attached to an aromatic ring is 1. The minimum atomic E-state index is 0.530. The van der Waals surface area contributed by atoms with Gasteiger partial charge in [0, 0.05) is 24.4 Å². The molecule has 84 valence electrons. The van der Waals surface area contributed by atoms with Crippen LogP contribution in [0.15, 0.2) is 30.5 Å². The van der Waals surface area contributed by atoms with Gasteiger partial charge in [-0.15, -0.1) is 0 Å². The summed E-state index contributed by atoms with van der Waals surface area (Å²) in [6, 6.07) is 7.45. The van der Waals surface area contributed by atoms with Gasteiger partial charge < -0.3 is 15.2 Å². The molecule has 2 aromatic rings. The number of nitrogens with two attached hydrogens (primary N) is 1. The fraction of sp³-hybridized carbons (Fsp3) is 0.250. The van der Waals surface area contributed by atoms with Gasteiger partial charge in [0.2, 0.25) is 0 Å². The number of hydrogen-bond donors (Lipinski definition) is 1. The van der Waals surface area contributed by atoms with Crippen LogP contribution >= 0.6 is 0 Å². The average Bonchev–Trinajstić information content (AvgIpc) is 2.30. The van der Waals surface area contributed by atoms with Crippen LogP contribution in [0.1, 0.15) is 0 Å². The molecule has 0 aliphatic carbocycles. The number of fused-ring (bicyclic) bond motifs is 1. The quantitative estimate of drug-likeness (QED) is 0.795. The van der Waals surface area contributed by atoms with Crippen molar-refractivity contribution in [2.45, 2.75) is 0 Å². The van der Waals surface area contributed by atoms with Crippen molar-refractivity contribution in [1.82, 2.24) is 4.98 Å². The third kappa shape index (κ3) is 2.23. The monoisotopic (exact) mass is 218 g/mol. The van der Waals surface area contributed by atoms with Gasteiger partial charge in [-0.25, -0.2) is 0 Å². The van der Waals surface area contributed by atoms with Gasteiger partial charge in [-0.2, -0.15) is 0 Å². The first-order chi connectivity index (χ1) is 7.81. The van der Waals surface area contributed by atoms with E-state index in [1.165, 1.54) is 0 Å². The molecule has 2 N–H and O–H groups in total. The summed E-state index contributed by atoms with van der Waals surface area (Å²) in [5, 5.41) is 0.914. The standard InChI is InChI=1S/C12H14N2O2/c1-15-6-7-16-9-2-3-12-10(8-9)11(13)4-5-14-12/h2-5,8H,6-7H2,1H3,(H2,13,14). The molecule has 1 aromatic carbocycles. The summed E-state index contributed by atoms with van der Waals surface area (Å²) < 4.78 is 10.4. The first kappa shape index (κ1) is 10.7. The first-order valence-corrected chi connectivity index (χ1v) is 5.07. The van der Waals surface area contributed by atoms with Crippen LogP contribution in [-0.2, 0) is 4.74 Å². The molecule has 1 heterocycles. The van der Waals surface area contributed by atoms with E-state index < -0.39 is 0 Å². The molecule has 4 heteroatoms. The molecule has 0 aliphatic heterocycles. The lowest BCUT2D eigenvalue weighted by Gasteiger charge is -2.07. The van der Waals surface area contributed by atoms with Gasteiger partial charge in [-0.05, 0) is 24.3 Å². The molecule has 4 nitrogen and oxygen atoms in total. The first-order valence-electron chi connectivity index (χ1n) is 5.07. The molecule has 0 bridgehead atoms. The van der Waals surface area contributed by atoms with Crippen LogP contribution in [0.25, 0.3) is 10.9 Å². The lowest BCUT2D eigenvalue weighted by molar-refractivity contribution is 0.146. The van der Waals surface area contributed by atoms with Crippen LogP contribution in [0.3, 0.4) is 0 Å². The number of anilines is 1. The van der Waals surface area contributed by atoms with E-state index in [2.05, 4.69) is 4.98 Å². The number of methoxy groups -OCH3 is 1. The Bertz CT molecular complexity index is 485. The molecule has 0 spiro atoms. The Balaban J connectivity index is 2.25. The topological polar surface area (TPSA) is 57.4 Å². The van der Waals surface area contributed by atoms with Gasteiger partial charge in [-0.3, -0.25) is 4.98 Å². The predicted octanol–water partition coefficient (Wildman–Crippen LogP) is 1.84. The lowest BCUT2D eigenvalue weighted by Crippen LogP contribution is -2.04. The fourth-order valence-corrected chi connectivity index (χ4v) is 1.48. The molecule has 0 aliphatic rings. The Morgan fingerprint density at radius 3 is 2.94 bits per heavy atom.